The van der Waals surface area contributed by atoms with Crippen molar-refractivity contribution in [2.75, 3.05) is 27.4 Å². The number of carbonyl (C=O) groups is 2. The van der Waals surface area contributed by atoms with Crippen molar-refractivity contribution in [2.24, 2.45) is 5.92 Å². The van der Waals surface area contributed by atoms with E-state index < -0.39 is 23.9 Å². The molecular formula is C24H28FNO6. The molecule has 1 aliphatic heterocycles. The van der Waals surface area contributed by atoms with Gasteiger partial charge in [-0.25, -0.2) is 14.0 Å². The van der Waals surface area contributed by atoms with E-state index in [1.807, 2.05) is 19.9 Å². The van der Waals surface area contributed by atoms with E-state index in [4.69, 9.17) is 18.9 Å². The Kier molecular flexibility index (Phi) is 7.56. The van der Waals surface area contributed by atoms with E-state index in [1.54, 1.807) is 24.3 Å². The van der Waals surface area contributed by atoms with Gasteiger partial charge in [-0.05, 0) is 53.3 Å². The predicted molar refractivity (Wildman–Crippen MR) is 115 cm³/mol. The Morgan fingerprint density at radius 3 is 2.62 bits per heavy atom. The first-order chi connectivity index (χ1) is 15.3. The highest BCUT2D eigenvalue weighted by atomic mass is 19.1. The Balaban J connectivity index is 1.77. The summed E-state index contributed by atoms with van der Waals surface area (Å²) in [7, 11) is 2.70. The van der Waals surface area contributed by atoms with E-state index in [1.165, 1.54) is 25.2 Å². The van der Waals surface area contributed by atoms with Crippen LogP contribution in [0.4, 0.5) is 9.18 Å². The second-order valence-corrected chi connectivity index (χ2v) is 7.96. The summed E-state index contributed by atoms with van der Waals surface area (Å²) in [6.07, 6.45) is 0.00611. The van der Waals surface area contributed by atoms with E-state index >= 15 is 0 Å². The molecule has 0 radical (unpaired) electrons. The fraction of sp³-hybridized carbons (Fsp3) is 0.417. The van der Waals surface area contributed by atoms with Gasteiger partial charge in [0.1, 0.15) is 12.4 Å². The summed E-state index contributed by atoms with van der Waals surface area (Å²) in [5.41, 5.74) is 2.33. The zero-order chi connectivity index (χ0) is 23.3. The Hall–Kier alpha value is -3.29. The van der Waals surface area contributed by atoms with Crippen LogP contribution >= 0.6 is 0 Å². The molecule has 0 spiro atoms. The van der Waals surface area contributed by atoms with Gasteiger partial charge < -0.3 is 18.9 Å². The molecule has 8 heteroatoms. The highest BCUT2D eigenvalue weighted by Crippen LogP contribution is 2.34. The third-order valence-corrected chi connectivity index (χ3v) is 5.16. The van der Waals surface area contributed by atoms with Gasteiger partial charge in [-0.15, -0.1) is 0 Å². The van der Waals surface area contributed by atoms with Crippen LogP contribution < -0.4 is 9.47 Å². The lowest BCUT2D eigenvalue weighted by Crippen LogP contribution is -2.44. The van der Waals surface area contributed by atoms with Gasteiger partial charge in [0.25, 0.3) is 0 Å². The number of benzene rings is 2. The second-order valence-electron chi connectivity index (χ2n) is 7.96. The molecule has 0 saturated carbocycles. The van der Waals surface area contributed by atoms with Gasteiger partial charge >= 0.3 is 12.1 Å². The van der Waals surface area contributed by atoms with Gasteiger partial charge in [-0.2, -0.15) is 0 Å². The van der Waals surface area contributed by atoms with Gasteiger partial charge in [0.05, 0.1) is 20.8 Å². The Morgan fingerprint density at radius 1 is 1.16 bits per heavy atom. The number of nitrogens with zero attached hydrogens (tertiary/aromatic N) is 1. The Morgan fingerprint density at radius 2 is 1.94 bits per heavy atom. The lowest BCUT2D eigenvalue weighted by molar-refractivity contribution is -0.147. The average Bonchev–Trinajstić information content (AvgIpc) is 2.80. The first kappa shape index (κ1) is 23.4. The van der Waals surface area contributed by atoms with Crippen LogP contribution in [0.5, 0.6) is 11.5 Å². The number of amides is 1. The molecule has 1 unspecified atom stereocenters. The summed E-state index contributed by atoms with van der Waals surface area (Å²) in [5.74, 6) is -0.0170. The van der Waals surface area contributed by atoms with Crippen LogP contribution in [-0.2, 0) is 27.3 Å². The van der Waals surface area contributed by atoms with Crippen molar-refractivity contribution in [1.82, 2.24) is 4.90 Å². The molecule has 1 heterocycles. The van der Waals surface area contributed by atoms with Crippen LogP contribution in [-0.4, -0.2) is 44.3 Å². The fourth-order valence-corrected chi connectivity index (χ4v) is 3.54. The average molecular weight is 445 g/mol. The lowest BCUT2D eigenvalue weighted by atomic mass is 9.92. The summed E-state index contributed by atoms with van der Waals surface area (Å²) in [4.78, 5) is 26.5. The number of rotatable bonds is 7. The summed E-state index contributed by atoms with van der Waals surface area (Å²) < 4.78 is 34.7. The maximum absolute atomic E-state index is 13.6. The zero-order valence-electron chi connectivity index (χ0n) is 18.7. The number of hydrogen-bond acceptors (Lipinski definition) is 6. The molecule has 0 aliphatic carbocycles. The molecule has 0 saturated heterocycles. The molecule has 32 heavy (non-hydrogen) atoms. The van der Waals surface area contributed by atoms with Gasteiger partial charge in [-0.3, -0.25) is 4.90 Å². The van der Waals surface area contributed by atoms with E-state index in [9.17, 15) is 14.0 Å². The summed E-state index contributed by atoms with van der Waals surface area (Å²) >= 11 is 0. The Bertz CT molecular complexity index is 977. The lowest BCUT2D eigenvalue weighted by Gasteiger charge is -2.35. The number of methoxy groups -OCH3 is 2. The monoisotopic (exact) mass is 445 g/mol. The van der Waals surface area contributed by atoms with E-state index in [-0.39, 0.29) is 24.9 Å². The highest BCUT2D eigenvalue weighted by molar-refractivity contribution is 5.84. The minimum atomic E-state index is -0.876. The van der Waals surface area contributed by atoms with Gasteiger partial charge in [0.15, 0.2) is 17.6 Å². The molecule has 0 bridgehead atoms. The highest BCUT2D eigenvalue weighted by Gasteiger charge is 2.37. The normalized spacial score (nSPS) is 15.2. The minimum absolute atomic E-state index is 0.155. The first-order valence-electron chi connectivity index (χ1n) is 10.4. The molecule has 0 fully saturated rings. The van der Waals surface area contributed by atoms with Crippen molar-refractivity contribution in [3.63, 3.8) is 0 Å². The van der Waals surface area contributed by atoms with Crippen molar-refractivity contribution in [1.29, 1.82) is 0 Å². The number of hydrogen-bond donors (Lipinski definition) is 0. The van der Waals surface area contributed by atoms with E-state index in [2.05, 4.69) is 0 Å². The predicted octanol–water partition coefficient (Wildman–Crippen LogP) is 4.28. The number of halogens is 1. The summed E-state index contributed by atoms with van der Waals surface area (Å²) in [6.45, 7) is 4.71. The third kappa shape index (κ3) is 5.30. The molecule has 3 rings (SSSR count). The largest absolute Gasteiger partial charge is 0.494 e. The molecule has 0 aromatic heterocycles. The summed E-state index contributed by atoms with van der Waals surface area (Å²) in [6, 6.07) is 9.02. The maximum Gasteiger partial charge on any atom is 0.410 e. The fourth-order valence-electron chi connectivity index (χ4n) is 3.54. The molecule has 172 valence electrons. The van der Waals surface area contributed by atoms with E-state index in [0.717, 1.165) is 11.1 Å². The third-order valence-electron chi connectivity index (χ3n) is 5.16. The number of carbonyl (C=O) groups excluding carboxylic acids is 2. The summed E-state index contributed by atoms with van der Waals surface area (Å²) in [5, 5.41) is 0. The molecule has 1 aliphatic rings. The Labute approximate surface area is 187 Å². The molecule has 1 amide bonds. The number of fused-ring (bicyclic) bond motifs is 1. The quantitative estimate of drug-likeness (QED) is 0.593. The van der Waals surface area contributed by atoms with Gasteiger partial charge in [0, 0.05) is 6.54 Å². The standard InChI is InChI=1S/C24H28FNO6/c1-15(2)13-32-24(28)26-10-9-17-12-18(6-7-19(17)22(26)23(27)30-4)31-14-16-5-8-20(25)21(11-16)29-3/h5-8,11-12,15,22H,9-10,13-14H2,1-4H3. The number of esters is 1. The minimum Gasteiger partial charge on any atom is -0.494 e. The van der Waals surface area contributed by atoms with Crippen molar-refractivity contribution in [3.8, 4) is 11.5 Å². The van der Waals surface area contributed by atoms with Gasteiger partial charge in [0.2, 0.25) is 0 Å². The number of ether oxygens (including phenoxy) is 4. The van der Waals surface area contributed by atoms with Crippen LogP contribution in [0.15, 0.2) is 36.4 Å². The first-order valence-corrected chi connectivity index (χ1v) is 10.4. The van der Waals surface area contributed by atoms with Crippen LogP contribution in [0.3, 0.4) is 0 Å². The van der Waals surface area contributed by atoms with Crippen molar-refractivity contribution in [2.45, 2.75) is 32.9 Å². The van der Waals surface area contributed by atoms with Gasteiger partial charge in [-0.1, -0.05) is 26.0 Å². The van der Waals surface area contributed by atoms with Crippen molar-refractivity contribution >= 4 is 12.1 Å². The maximum atomic E-state index is 13.6. The molecule has 1 atom stereocenters. The molecule has 7 nitrogen and oxygen atoms in total. The van der Waals surface area contributed by atoms with Crippen molar-refractivity contribution < 1.29 is 32.9 Å². The van der Waals surface area contributed by atoms with Crippen LogP contribution in [0.1, 0.15) is 36.6 Å². The smallest absolute Gasteiger partial charge is 0.410 e. The van der Waals surface area contributed by atoms with Crippen molar-refractivity contribution in [3.05, 3.63) is 58.9 Å². The SMILES string of the molecule is COC(=O)C1c2ccc(OCc3ccc(F)c(OC)c3)cc2CCN1C(=O)OCC(C)C. The molecule has 2 aromatic rings. The van der Waals surface area contributed by atoms with E-state index in [0.29, 0.717) is 24.3 Å². The van der Waals surface area contributed by atoms with Crippen LogP contribution in [0.2, 0.25) is 0 Å². The van der Waals surface area contributed by atoms with Crippen LogP contribution in [0.25, 0.3) is 0 Å². The zero-order valence-corrected chi connectivity index (χ0v) is 18.7. The molecule has 2 aromatic carbocycles. The molecule has 0 N–H and O–H groups in total. The molecular weight excluding hydrogens is 417 g/mol. The second kappa shape index (κ2) is 10.3. The topological polar surface area (TPSA) is 74.3 Å². The van der Waals surface area contributed by atoms with Crippen LogP contribution in [0, 0.1) is 11.7 Å².